The molecular weight excluding hydrogens is 280 g/mol. The van der Waals surface area contributed by atoms with E-state index in [1.807, 2.05) is 29.3 Å². The van der Waals surface area contributed by atoms with Gasteiger partial charge in [0.05, 0.1) is 5.56 Å². The van der Waals surface area contributed by atoms with Gasteiger partial charge in [-0.2, -0.15) is 0 Å². The van der Waals surface area contributed by atoms with E-state index in [0.29, 0.717) is 0 Å². The first kappa shape index (κ1) is 14.3. The molecule has 1 aromatic carbocycles. The molecule has 21 heavy (non-hydrogen) atoms. The van der Waals surface area contributed by atoms with Gasteiger partial charge < -0.3 is 4.90 Å². The Hall–Kier alpha value is -1.65. The van der Waals surface area contributed by atoms with Crippen molar-refractivity contribution in [3.63, 3.8) is 0 Å². The standard InChI is InChI=1S/C17H20N2OS/c1-14-11-16(13-21-14)17(20)19-9-7-18(8-10-19)12-15-5-3-2-4-6-15/h2-6,11,13H,7-10,12H2,1H3. The highest BCUT2D eigenvalue weighted by Gasteiger charge is 2.22. The van der Waals surface area contributed by atoms with Crippen LogP contribution >= 0.6 is 11.3 Å². The average Bonchev–Trinajstić information content (AvgIpc) is 2.95. The van der Waals surface area contributed by atoms with Crippen molar-refractivity contribution in [3.8, 4) is 0 Å². The molecule has 110 valence electrons. The molecule has 3 nitrogen and oxygen atoms in total. The van der Waals surface area contributed by atoms with E-state index in [4.69, 9.17) is 0 Å². The van der Waals surface area contributed by atoms with Gasteiger partial charge in [-0.05, 0) is 18.6 Å². The van der Waals surface area contributed by atoms with Gasteiger partial charge in [0.15, 0.2) is 0 Å². The molecule has 2 aromatic rings. The molecule has 0 atom stereocenters. The fourth-order valence-electron chi connectivity index (χ4n) is 2.69. The Kier molecular flexibility index (Phi) is 4.36. The molecule has 1 saturated heterocycles. The van der Waals surface area contributed by atoms with Gasteiger partial charge in [-0.15, -0.1) is 11.3 Å². The van der Waals surface area contributed by atoms with Crippen molar-refractivity contribution in [2.45, 2.75) is 13.5 Å². The van der Waals surface area contributed by atoms with Gasteiger partial charge in [-0.1, -0.05) is 30.3 Å². The van der Waals surface area contributed by atoms with Crippen LogP contribution in [0.3, 0.4) is 0 Å². The zero-order valence-corrected chi connectivity index (χ0v) is 13.1. The molecule has 1 aliphatic rings. The molecule has 0 spiro atoms. The Morgan fingerprint density at radius 2 is 1.86 bits per heavy atom. The summed E-state index contributed by atoms with van der Waals surface area (Å²) in [4.78, 5) is 18.0. The Balaban J connectivity index is 1.54. The van der Waals surface area contributed by atoms with Crippen molar-refractivity contribution >= 4 is 17.2 Å². The number of hydrogen-bond acceptors (Lipinski definition) is 3. The predicted octanol–water partition coefficient (Wildman–Crippen LogP) is 3.01. The molecule has 1 aromatic heterocycles. The highest BCUT2D eigenvalue weighted by molar-refractivity contribution is 7.10. The predicted molar refractivity (Wildman–Crippen MR) is 86.7 cm³/mol. The quantitative estimate of drug-likeness (QED) is 0.870. The minimum Gasteiger partial charge on any atom is -0.336 e. The second kappa shape index (κ2) is 6.41. The molecule has 0 radical (unpaired) electrons. The van der Waals surface area contributed by atoms with Crippen LogP contribution in [0.5, 0.6) is 0 Å². The molecule has 2 heterocycles. The topological polar surface area (TPSA) is 23.6 Å². The number of aryl methyl sites for hydroxylation is 1. The van der Waals surface area contributed by atoms with Crippen molar-refractivity contribution in [2.75, 3.05) is 26.2 Å². The monoisotopic (exact) mass is 300 g/mol. The van der Waals surface area contributed by atoms with Gasteiger partial charge in [0.25, 0.3) is 5.91 Å². The minimum absolute atomic E-state index is 0.179. The number of amides is 1. The summed E-state index contributed by atoms with van der Waals surface area (Å²) in [5, 5.41) is 1.97. The maximum atomic E-state index is 12.4. The summed E-state index contributed by atoms with van der Waals surface area (Å²) < 4.78 is 0. The zero-order chi connectivity index (χ0) is 14.7. The minimum atomic E-state index is 0.179. The Labute approximate surface area is 129 Å². The fraction of sp³-hybridized carbons (Fsp3) is 0.353. The van der Waals surface area contributed by atoms with E-state index in [1.165, 1.54) is 10.4 Å². The summed E-state index contributed by atoms with van der Waals surface area (Å²) in [6.07, 6.45) is 0. The molecule has 1 aliphatic heterocycles. The van der Waals surface area contributed by atoms with Crippen molar-refractivity contribution in [2.24, 2.45) is 0 Å². The molecule has 0 aliphatic carbocycles. The smallest absolute Gasteiger partial charge is 0.254 e. The first-order valence-electron chi connectivity index (χ1n) is 7.33. The molecular formula is C17H20N2OS. The summed E-state index contributed by atoms with van der Waals surface area (Å²) in [7, 11) is 0. The van der Waals surface area contributed by atoms with Crippen LogP contribution in [0.4, 0.5) is 0 Å². The summed E-state index contributed by atoms with van der Waals surface area (Å²) in [6.45, 7) is 6.55. The first-order valence-corrected chi connectivity index (χ1v) is 8.21. The van der Waals surface area contributed by atoms with Gasteiger partial charge in [0.1, 0.15) is 0 Å². The van der Waals surface area contributed by atoms with Gasteiger partial charge >= 0.3 is 0 Å². The van der Waals surface area contributed by atoms with Crippen LogP contribution in [0.15, 0.2) is 41.8 Å². The molecule has 0 unspecified atom stereocenters. The van der Waals surface area contributed by atoms with Gasteiger partial charge in [0, 0.05) is 43.0 Å². The third kappa shape index (κ3) is 3.52. The van der Waals surface area contributed by atoms with E-state index in [9.17, 15) is 4.79 Å². The van der Waals surface area contributed by atoms with Crippen LogP contribution in [0.2, 0.25) is 0 Å². The van der Waals surface area contributed by atoms with E-state index in [0.717, 1.165) is 38.3 Å². The Morgan fingerprint density at radius 3 is 2.48 bits per heavy atom. The molecule has 1 amide bonds. The second-order valence-corrected chi connectivity index (χ2v) is 6.62. The number of nitrogens with zero attached hydrogens (tertiary/aromatic N) is 2. The Bertz CT molecular complexity index is 600. The number of carbonyl (C=O) groups is 1. The number of carbonyl (C=O) groups excluding carboxylic acids is 1. The van der Waals surface area contributed by atoms with E-state index < -0.39 is 0 Å². The van der Waals surface area contributed by atoms with Crippen molar-refractivity contribution in [1.29, 1.82) is 0 Å². The van der Waals surface area contributed by atoms with Crippen LogP contribution < -0.4 is 0 Å². The lowest BCUT2D eigenvalue weighted by Crippen LogP contribution is -2.48. The van der Waals surface area contributed by atoms with E-state index >= 15 is 0 Å². The third-order valence-electron chi connectivity index (χ3n) is 3.89. The molecule has 1 fully saturated rings. The lowest BCUT2D eigenvalue weighted by Gasteiger charge is -2.34. The van der Waals surface area contributed by atoms with E-state index in [-0.39, 0.29) is 5.91 Å². The maximum Gasteiger partial charge on any atom is 0.254 e. The lowest BCUT2D eigenvalue weighted by atomic mass is 10.2. The van der Waals surface area contributed by atoms with Gasteiger partial charge in [-0.25, -0.2) is 0 Å². The molecule has 4 heteroatoms. The number of piperazine rings is 1. The first-order chi connectivity index (χ1) is 10.2. The zero-order valence-electron chi connectivity index (χ0n) is 12.3. The number of rotatable bonds is 3. The maximum absolute atomic E-state index is 12.4. The SMILES string of the molecule is Cc1cc(C(=O)N2CCN(Cc3ccccc3)CC2)cs1. The summed E-state index contributed by atoms with van der Waals surface area (Å²) in [5.74, 6) is 0.179. The summed E-state index contributed by atoms with van der Waals surface area (Å²) in [6, 6.07) is 12.5. The fourth-order valence-corrected chi connectivity index (χ4v) is 3.37. The van der Waals surface area contributed by atoms with E-state index in [1.54, 1.807) is 11.3 Å². The Morgan fingerprint density at radius 1 is 1.14 bits per heavy atom. The van der Waals surface area contributed by atoms with Crippen molar-refractivity contribution in [3.05, 3.63) is 57.8 Å². The normalized spacial score (nSPS) is 16.1. The molecule has 0 N–H and O–H groups in total. The highest BCUT2D eigenvalue weighted by Crippen LogP contribution is 2.16. The van der Waals surface area contributed by atoms with Gasteiger partial charge in [0.2, 0.25) is 0 Å². The number of hydrogen-bond donors (Lipinski definition) is 0. The molecule has 0 bridgehead atoms. The summed E-state index contributed by atoms with van der Waals surface area (Å²) >= 11 is 1.64. The van der Waals surface area contributed by atoms with Crippen LogP contribution in [-0.4, -0.2) is 41.9 Å². The lowest BCUT2D eigenvalue weighted by molar-refractivity contribution is 0.0629. The van der Waals surface area contributed by atoms with Crippen LogP contribution in [-0.2, 0) is 6.54 Å². The van der Waals surface area contributed by atoms with Crippen LogP contribution in [0.25, 0.3) is 0 Å². The van der Waals surface area contributed by atoms with Crippen molar-refractivity contribution in [1.82, 2.24) is 9.80 Å². The number of thiophene rings is 1. The average molecular weight is 300 g/mol. The van der Waals surface area contributed by atoms with Crippen LogP contribution in [0.1, 0.15) is 20.8 Å². The largest absolute Gasteiger partial charge is 0.336 e. The summed E-state index contributed by atoms with van der Waals surface area (Å²) in [5.41, 5.74) is 2.18. The molecule has 3 rings (SSSR count). The molecule has 0 saturated carbocycles. The number of benzene rings is 1. The van der Waals surface area contributed by atoms with Crippen LogP contribution in [0, 0.1) is 6.92 Å². The third-order valence-corrected chi connectivity index (χ3v) is 4.75. The van der Waals surface area contributed by atoms with Crippen molar-refractivity contribution < 1.29 is 4.79 Å². The second-order valence-electron chi connectivity index (χ2n) is 5.50. The van der Waals surface area contributed by atoms with Gasteiger partial charge in [-0.3, -0.25) is 9.69 Å². The van der Waals surface area contributed by atoms with E-state index in [2.05, 4.69) is 29.2 Å². The highest BCUT2D eigenvalue weighted by atomic mass is 32.1.